The van der Waals surface area contributed by atoms with Crippen molar-refractivity contribution >= 4 is 17.5 Å². The van der Waals surface area contributed by atoms with Gasteiger partial charge >= 0.3 is 0 Å². The summed E-state index contributed by atoms with van der Waals surface area (Å²) in [4.78, 5) is 12.3. The Bertz CT molecular complexity index is 778. The molecule has 3 rings (SSSR count). The highest BCUT2D eigenvalue weighted by atomic mass is 35.5. The number of hydrogen-bond donors (Lipinski definition) is 1. The molecule has 0 saturated carbocycles. The third-order valence-electron chi connectivity index (χ3n) is 4.15. The summed E-state index contributed by atoms with van der Waals surface area (Å²) >= 11 is 5.97. The first kappa shape index (κ1) is 17.4. The first-order valence-electron chi connectivity index (χ1n) is 8.04. The molecule has 25 heavy (non-hydrogen) atoms. The molecular formula is C19H20ClNO4. The molecule has 0 saturated heterocycles. The summed E-state index contributed by atoms with van der Waals surface area (Å²) in [5.41, 5.74) is 2.02. The van der Waals surface area contributed by atoms with Gasteiger partial charge in [-0.3, -0.25) is 4.79 Å². The van der Waals surface area contributed by atoms with Crippen molar-refractivity contribution in [1.29, 1.82) is 0 Å². The predicted molar refractivity (Wildman–Crippen MR) is 95.8 cm³/mol. The third-order valence-corrected chi connectivity index (χ3v) is 4.39. The third kappa shape index (κ3) is 3.99. The Morgan fingerprint density at radius 1 is 1.20 bits per heavy atom. The Labute approximate surface area is 151 Å². The highest BCUT2D eigenvalue weighted by Gasteiger charge is 2.28. The van der Waals surface area contributed by atoms with Crippen molar-refractivity contribution in [3.05, 3.63) is 52.5 Å². The number of halogens is 1. The Morgan fingerprint density at radius 3 is 2.76 bits per heavy atom. The second kappa shape index (κ2) is 7.66. The van der Waals surface area contributed by atoms with Crippen molar-refractivity contribution in [3.63, 3.8) is 0 Å². The fourth-order valence-electron chi connectivity index (χ4n) is 2.84. The molecule has 0 bridgehead atoms. The molecule has 1 heterocycles. The normalized spacial score (nSPS) is 15.2. The van der Waals surface area contributed by atoms with Gasteiger partial charge in [0.15, 0.2) is 17.6 Å². The van der Waals surface area contributed by atoms with E-state index in [1.807, 2.05) is 24.3 Å². The van der Waals surface area contributed by atoms with Crippen LogP contribution in [0.25, 0.3) is 0 Å². The van der Waals surface area contributed by atoms with E-state index in [0.717, 1.165) is 16.9 Å². The van der Waals surface area contributed by atoms with Crippen LogP contribution < -0.4 is 19.5 Å². The van der Waals surface area contributed by atoms with Gasteiger partial charge in [0.1, 0.15) is 5.75 Å². The molecule has 0 spiro atoms. The molecule has 1 aliphatic rings. The summed E-state index contributed by atoms with van der Waals surface area (Å²) in [6, 6.07) is 11.1. The van der Waals surface area contributed by atoms with Gasteiger partial charge < -0.3 is 19.5 Å². The van der Waals surface area contributed by atoms with Crippen molar-refractivity contribution in [3.8, 4) is 17.2 Å². The van der Waals surface area contributed by atoms with Crippen LogP contribution in [0.3, 0.4) is 0 Å². The van der Waals surface area contributed by atoms with Gasteiger partial charge in [0.25, 0.3) is 5.91 Å². The summed E-state index contributed by atoms with van der Waals surface area (Å²) in [6.07, 6.45) is 0.731. The molecule has 0 fully saturated rings. The van der Waals surface area contributed by atoms with Gasteiger partial charge in [0, 0.05) is 18.0 Å². The zero-order valence-electron chi connectivity index (χ0n) is 14.2. The highest BCUT2D eigenvalue weighted by Crippen LogP contribution is 2.31. The number of amides is 1. The van der Waals surface area contributed by atoms with E-state index in [2.05, 4.69) is 5.32 Å². The van der Waals surface area contributed by atoms with E-state index in [0.29, 0.717) is 35.9 Å². The summed E-state index contributed by atoms with van der Waals surface area (Å²) < 4.78 is 16.2. The second-order valence-corrected chi connectivity index (χ2v) is 6.23. The number of benzene rings is 2. The zero-order valence-corrected chi connectivity index (χ0v) is 14.9. The maximum Gasteiger partial charge on any atom is 0.261 e. The van der Waals surface area contributed by atoms with Crippen LogP contribution in [0.2, 0.25) is 5.02 Å². The lowest BCUT2D eigenvalue weighted by Crippen LogP contribution is -2.38. The Morgan fingerprint density at radius 2 is 2.00 bits per heavy atom. The van der Waals surface area contributed by atoms with Crippen molar-refractivity contribution in [2.75, 3.05) is 20.8 Å². The van der Waals surface area contributed by atoms with Crippen LogP contribution >= 0.6 is 11.6 Å². The van der Waals surface area contributed by atoms with Crippen LogP contribution in [0.1, 0.15) is 11.1 Å². The molecule has 2 aromatic rings. The number of hydrogen-bond acceptors (Lipinski definition) is 4. The molecule has 0 aromatic heterocycles. The topological polar surface area (TPSA) is 56.8 Å². The number of fused-ring (bicyclic) bond motifs is 1. The molecule has 2 aromatic carbocycles. The molecule has 1 N–H and O–H groups in total. The standard InChI is InChI=1S/C19H20ClNO4/c1-23-16-5-3-12(9-17(16)24-2)7-8-21-19(22)18-11-13-10-14(20)4-6-15(13)25-18/h3-6,9-10,18H,7-8,11H2,1-2H3,(H,21,22)/t18-/m1/s1. The first-order chi connectivity index (χ1) is 12.1. The molecule has 0 aliphatic carbocycles. The van der Waals surface area contributed by atoms with E-state index in [9.17, 15) is 4.79 Å². The first-order valence-corrected chi connectivity index (χ1v) is 8.42. The van der Waals surface area contributed by atoms with Crippen LogP contribution in [-0.2, 0) is 17.6 Å². The van der Waals surface area contributed by atoms with Crippen LogP contribution in [0.5, 0.6) is 17.2 Å². The molecule has 6 heteroatoms. The molecule has 0 radical (unpaired) electrons. The predicted octanol–water partition coefficient (Wildman–Crippen LogP) is 3.02. The molecule has 1 aliphatic heterocycles. The van der Waals surface area contributed by atoms with E-state index >= 15 is 0 Å². The molecular weight excluding hydrogens is 342 g/mol. The van der Waals surface area contributed by atoms with Crippen LogP contribution in [0.15, 0.2) is 36.4 Å². The van der Waals surface area contributed by atoms with Crippen molar-refractivity contribution in [1.82, 2.24) is 5.32 Å². The van der Waals surface area contributed by atoms with Crippen molar-refractivity contribution in [2.24, 2.45) is 0 Å². The smallest absolute Gasteiger partial charge is 0.261 e. The number of nitrogens with one attached hydrogen (secondary N) is 1. The summed E-state index contributed by atoms with van der Waals surface area (Å²) in [7, 11) is 3.20. The van der Waals surface area contributed by atoms with Crippen molar-refractivity contribution < 1.29 is 19.0 Å². The average Bonchev–Trinajstić information content (AvgIpc) is 3.04. The van der Waals surface area contributed by atoms with Gasteiger partial charge in [-0.15, -0.1) is 0 Å². The average molecular weight is 362 g/mol. The molecule has 1 amide bonds. The van der Waals surface area contributed by atoms with E-state index in [1.54, 1.807) is 26.4 Å². The number of methoxy groups -OCH3 is 2. The molecule has 132 valence electrons. The monoisotopic (exact) mass is 361 g/mol. The lowest BCUT2D eigenvalue weighted by Gasteiger charge is -2.12. The summed E-state index contributed by atoms with van der Waals surface area (Å²) in [5.74, 6) is 1.97. The Kier molecular flexibility index (Phi) is 5.34. The maximum atomic E-state index is 12.3. The molecule has 1 atom stereocenters. The van der Waals surface area contributed by atoms with Gasteiger partial charge in [-0.2, -0.15) is 0 Å². The molecule has 0 unspecified atom stereocenters. The minimum Gasteiger partial charge on any atom is -0.493 e. The number of rotatable bonds is 6. The summed E-state index contributed by atoms with van der Waals surface area (Å²) in [6.45, 7) is 0.519. The van der Waals surface area contributed by atoms with Crippen LogP contribution in [0, 0.1) is 0 Å². The van der Waals surface area contributed by atoms with Crippen LogP contribution in [0.4, 0.5) is 0 Å². The lowest BCUT2D eigenvalue weighted by atomic mass is 10.1. The van der Waals surface area contributed by atoms with Gasteiger partial charge in [-0.05, 0) is 47.9 Å². The number of carbonyl (C=O) groups excluding carboxylic acids is 1. The number of ether oxygens (including phenoxy) is 3. The van der Waals surface area contributed by atoms with Gasteiger partial charge in [0.05, 0.1) is 14.2 Å². The largest absolute Gasteiger partial charge is 0.493 e. The Hall–Kier alpha value is -2.40. The summed E-state index contributed by atoms with van der Waals surface area (Å²) in [5, 5.41) is 3.57. The van der Waals surface area contributed by atoms with Gasteiger partial charge in [-0.1, -0.05) is 17.7 Å². The van der Waals surface area contributed by atoms with Gasteiger partial charge in [0.2, 0.25) is 0 Å². The maximum absolute atomic E-state index is 12.3. The van der Waals surface area contributed by atoms with E-state index in [-0.39, 0.29) is 5.91 Å². The quantitative estimate of drug-likeness (QED) is 0.859. The fraction of sp³-hybridized carbons (Fsp3) is 0.316. The lowest BCUT2D eigenvalue weighted by molar-refractivity contribution is -0.127. The van der Waals surface area contributed by atoms with Crippen LogP contribution in [-0.4, -0.2) is 32.8 Å². The zero-order chi connectivity index (χ0) is 17.8. The van der Waals surface area contributed by atoms with Gasteiger partial charge in [-0.25, -0.2) is 0 Å². The van der Waals surface area contributed by atoms with E-state index in [4.69, 9.17) is 25.8 Å². The van der Waals surface area contributed by atoms with E-state index < -0.39 is 6.10 Å². The highest BCUT2D eigenvalue weighted by molar-refractivity contribution is 6.30. The molecule has 5 nitrogen and oxygen atoms in total. The van der Waals surface area contributed by atoms with E-state index in [1.165, 1.54) is 0 Å². The minimum absolute atomic E-state index is 0.118. The number of carbonyl (C=O) groups is 1. The Balaban J connectivity index is 1.52. The minimum atomic E-state index is -0.501. The second-order valence-electron chi connectivity index (χ2n) is 5.79. The van der Waals surface area contributed by atoms with Crippen molar-refractivity contribution in [2.45, 2.75) is 18.9 Å². The SMILES string of the molecule is COc1ccc(CCNC(=O)[C@H]2Cc3cc(Cl)ccc3O2)cc1OC. The fourth-order valence-corrected chi connectivity index (χ4v) is 3.04.